The third kappa shape index (κ3) is 4.05. The van der Waals surface area contributed by atoms with E-state index in [-0.39, 0.29) is 18.0 Å². The summed E-state index contributed by atoms with van der Waals surface area (Å²) in [6.07, 6.45) is 1.40. The quantitative estimate of drug-likeness (QED) is 0.528. The second-order valence-electron chi connectivity index (χ2n) is 5.39. The molecule has 0 spiro atoms. The van der Waals surface area contributed by atoms with Crippen molar-refractivity contribution < 1.29 is 9.72 Å². The predicted octanol–water partition coefficient (Wildman–Crippen LogP) is 2.16. The van der Waals surface area contributed by atoms with E-state index in [1.165, 1.54) is 18.5 Å². The van der Waals surface area contributed by atoms with Crippen LogP contribution in [0, 0.1) is 10.1 Å². The van der Waals surface area contributed by atoms with Crippen LogP contribution in [0.25, 0.3) is 0 Å². The van der Waals surface area contributed by atoms with E-state index >= 15 is 0 Å². The van der Waals surface area contributed by atoms with Gasteiger partial charge in [0.2, 0.25) is 5.91 Å². The number of amides is 1. The molecule has 126 valence electrons. The number of H-pyrrole nitrogens is 1. The highest BCUT2D eigenvalue weighted by Gasteiger charge is 2.20. The molecule has 1 amide bonds. The molecule has 1 atom stereocenters. The molecule has 8 heteroatoms. The summed E-state index contributed by atoms with van der Waals surface area (Å²) in [5, 5.41) is 20.3. The summed E-state index contributed by atoms with van der Waals surface area (Å²) in [6, 6.07) is 14.9. The average molecular weight is 337 g/mol. The van der Waals surface area contributed by atoms with Gasteiger partial charge in [-0.1, -0.05) is 42.5 Å². The number of non-ortho nitro benzene ring substituents is 1. The topological polar surface area (TPSA) is 114 Å². The fourth-order valence-corrected chi connectivity index (χ4v) is 2.49. The van der Waals surface area contributed by atoms with Crippen LogP contribution in [0.3, 0.4) is 0 Å². The molecule has 25 heavy (non-hydrogen) atoms. The van der Waals surface area contributed by atoms with Crippen molar-refractivity contribution in [3.8, 4) is 0 Å². The number of nitro groups is 1. The van der Waals surface area contributed by atoms with E-state index < -0.39 is 11.0 Å². The maximum Gasteiger partial charge on any atom is 0.269 e. The Morgan fingerprint density at radius 2 is 2.00 bits per heavy atom. The molecule has 0 saturated carbocycles. The first kappa shape index (κ1) is 16.3. The van der Waals surface area contributed by atoms with Crippen molar-refractivity contribution in [3.05, 3.63) is 88.0 Å². The van der Waals surface area contributed by atoms with Gasteiger partial charge < -0.3 is 5.32 Å². The van der Waals surface area contributed by atoms with Crippen LogP contribution < -0.4 is 5.32 Å². The van der Waals surface area contributed by atoms with E-state index in [9.17, 15) is 14.9 Å². The molecule has 2 aromatic carbocycles. The molecule has 1 aromatic heterocycles. The van der Waals surface area contributed by atoms with Gasteiger partial charge in [0.1, 0.15) is 12.4 Å². The Hall–Kier alpha value is -3.55. The van der Waals surface area contributed by atoms with Crippen LogP contribution in [0.1, 0.15) is 23.0 Å². The number of aromatic nitrogens is 3. The second-order valence-corrected chi connectivity index (χ2v) is 5.39. The number of hydrogen-bond donors (Lipinski definition) is 2. The SMILES string of the molecule is O=C(Cc1cccc([N+](=O)[O-])c1)N[C@H](c1ccccc1)c1ncn[nH]1. The molecule has 0 fully saturated rings. The first-order valence-electron chi connectivity index (χ1n) is 7.56. The Labute approximate surface area is 143 Å². The predicted molar refractivity (Wildman–Crippen MR) is 89.6 cm³/mol. The summed E-state index contributed by atoms with van der Waals surface area (Å²) in [5.74, 6) is 0.240. The lowest BCUT2D eigenvalue weighted by Gasteiger charge is -2.17. The maximum absolute atomic E-state index is 12.4. The number of aromatic amines is 1. The van der Waals surface area contributed by atoms with Gasteiger partial charge in [-0.05, 0) is 11.1 Å². The number of carbonyl (C=O) groups excluding carboxylic acids is 1. The van der Waals surface area contributed by atoms with E-state index in [4.69, 9.17) is 0 Å². The normalized spacial score (nSPS) is 11.7. The minimum atomic E-state index is -0.483. The van der Waals surface area contributed by atoms with Crippen LogP contribution in [-0.4, -0.2) is 26.0 Å². The van der Waals surface area contributed by atoms with Crippen molar-refractivity contribution in [2.45, 2.75) is 12.5 Å². The molecular formula is C17H15N5O3. The summed E-state index contributed by atoms with van der Waals surface area (Å²) in [5.41, 5.74) is 1.38. The largest absolute Gasteiger partial charge is 0.342 e. The van der Waals surface area contributed by atoms with E-state index in [1.807, 2.05) is 30.3 Å². The molecule has 1 heterocycles. The van der Waals surface area contributed by atoms with E-state index in [0.29, 0.717) is 11.4 Å². The van der Waals surface area contributed by atoms with Gasteiger partial charge in [-0.3, -0.25) is 20.0 Å². The molecule has 0 aliphatic heterocycles. The summed E-state index contributed by atoms with van der Waals surface area (Å²) >= 11 is 0. The highest BCUT2D eigenvalue weighted by molar-refractivity contribution is 5.79. The molecule has 3 aromatic rings. The molecule has 0 aliphatic rings. The van der Waals surface area contributed by atoms with Crippen LogP contribution in [0.15, 0.2) is 60.9 Å². The van der Waals surface area contributed by atoms with Crippen molar-refractivity contribution in [1.29, 1.82) is 0 Å². The van der Waals surface area contributed by atoms with Crippen molar-refractivity contribution in [2.75, 3.05) is 0 Å². The van der Waals surface area contributed by atoms with E-state index in [2.05, 4.69) is 20.5 Å². The van der Waals surface area contributed by atoms with Gasteiger partial charge >= 0.3 is 0 Å². The number of benzene rings is 2. The first-order valence-corrected chi connectivity index (χ1v) is 7.56. The molecule has 0 unspecified atom stereocenters. The Kier molecular flexibility index (Phi) is 4.79. The fraction of sp³-hybridized carbons (Fsp3) is 0.118. The fourth-order valence-electron chi connectivity index (χ4n) is 2.49. The highest BCUT2D eigenvalue weighted by Crippen LogP contribution is 2.19. The van der Waals surface area contributed by atoms with Crippen LogP contribution in [0.4, 0.5) is 5.69 Å². The van der Waals surface area contributed by atoms with Crippen molar-refractivity contribution in [2.24, 2.45) is 0 Å². The first-order chi connectivity index (χ1) is 12.1. The lowest BCUT2D eigenvalue weighted by atomic mass is 10.1. The van der Waals surface area contributed by atoms with E-state index in [1.54, 1.807) is 12.1 Å². The smallest absolute Gasteiger partial charge is 0.269 e. The zero-order valence-corrected chi connectivity index (χ0v) is 13.1. The zero-order chi connectivity index (χ0) is 17.6. The molecule has 0 aliphatic carbocycles. The van der Waals surface area contributed by atoms with Gasteiger partial charge in [-0.15, -0.1) is 0 Å². The zero-order valence-electron chi connectivity index (χ0n) is 13.1. The summed E-state index contributed by atoms with van der Waals surface area (Å²) in [4.78, 5) is 26.9. The number of nitrogens with one attached hydrogen (secondary N) is 2. The van der Waals surface area contributed by atoms with Crippen molar-refractivity contribution in [1.82, 2.24) is 20.5 Å². The van der Waals surface area contributed by atoms with Crippen LogP contribution in [-0.2, 0) is 11.2 Å². The third-order valence-electron chi connectivity index (χ3n) is 3.63. The summed E-state index contributed by atoms with van der Waals surface area (Å²) < 4.78 is 0. The molecule has 0 bridgehead atoms. The lowest BCUT2D eigenvalue weighted by Crippen LogP contribution is -2.31. The number of nitrogens with zero attached hydrogens (tertiary/aromatic N) is 3. The van der Waals surface area contributed by atoms with Gasteiger partial charge in [-0.25, -0.2) is 4.98 Å². The standard InChI is InChI=1S/C17H15N5O3/c23-15(10-12-5-4-8-14(9-12)22(24)25)20-16(17-18-11-19-21-17)13-6-2-1-3-7-13/h1-9,11,16H,10H2,(H,20,23)(H,18,19,21)/t16-/m1/s1. The van der Waals surface area contributed by atoms with Gasteiger partial charge in [0, 0.05) is 12.1 Å². The molecule has 8 nitrogen and oxygen atoms in total. The Bertz CT molecular complexity index is 865. The maximum atomic E-state index is 12.4. The van der Waals surface area contributed by atoms with Crippen molar-refractivity contribution >= 4 is 11.6 Å². The molecule has 2 N–H and O–H groups in total. The number of rotatable bonds is 6. The minimum Gasteiger partial charge on any atom is -0.342 e. The van der Waals surface area contributed by atoms with E-state index in [0.717, 1.165) is 5.56 Å². The molecule has 3 rings (SSSR count). The van der Waals surface area contributed by atoms with Crippen LogP contribution >= 0.6 is 0 Å². The molecule has 0 saturated heterocycles. The Balaban J connectivity index is 1.77. The highest BCUT2D eigenvalue weighted by atomic mass is 16.6. The Morgan fingerprint density at radius 3 is 2.68 bits per heavy atom. The van der Waals surface area contributed by atoms with Gasteiger partial charge in [0.15, 0.2) is 5.82 Å². The summed E-state index contributed by atoms with van der Waals surface area (Å²) in [7, 11) is 0. The van der Waals surface area contributed by atoms with Gasteiger partial charge in [0.05, 0.1) is 11.3 Å². The lowest BCUT2D eigenvalue weighted by molar-refractivity contribution is -0.384. The van der Waals surface area contributed by atoms with Crippen molar-refractivity contribution in [3.63, 3.8) is 0 Å². The van der Waals surface area contributed by atoms with Gasteiger partial charge in [-0.2, -0.15) is 5.10 Å². The van der Waals surface area contributed by atoms with Crippen LogP contribution in [0.2, 0.25) is 0 Å². The number of carbonyl (C=O) groups is 1. The average Bonchev–Trinajstić information content (AvgIpc) is 3.15. The molecular weight excluding hydrogens is 322 g/mol. The monoisotopic (exact) mass is 337 g/mol. The second kappa shape index (κ2) is 7.35. The molecule has 0 radical (unpaired) electrons. The van der Waals surface area contributed by atoms with Gasteiger partial charge in [0.25, 0.3) is 5.69 Å². The third-order valence-corrected chi connectivity index (χ3v) is 3.63. The number of nitro benzene ring substituents is 1. The minimum absolute atomic E-state index is 0.0269. The number of hydrogen-bond acceptors (Lipinski definition) is 5. The van der Waals surface area contributed by atoms with Crippen LogP contribution in [0.5, 0.6) is 0 Å². The Morgan fingerprint density at radius 1 is 1.20 bits per heavy atom. The summed E-state index contributed by atoms with van der Waals surface area (Å²) in [6.45, 7) is 0.